The van der Waals surface area contributed by atoms with Gasteiger partial charge in [0.25, 0.3) is 0 Å². The Morgan fingerprint density at radius 3 is 2.86 bits per heavy atom. The van der Waals surface area contributed by atoms with Crippen molar-refractivity contribution in [3.05, 3.63) is 34.4 Å². The maximum Gasteiger partial charge on any atom is 0.0629 e. The minimum absolute atomic E-state index is 0.756. The van der Waals surface area contributed by atoms with Gasteiger partial charge in [0.05, 0.1) is 5.52 Å². The first-order valence-corrected chi connectivity index (χ1v) is 5.83. The molecule has 0 spiro atoms. The number of aryl methyl sites for hydroxylation is 1. The van der Waals surface area contributed by atoms with E-state index in [1.165, 1.54) is 33.9 Å². The van der Waals surface area contributed by atoms with E-state index in [4.69, 9.17) is 0 Å². The average Bonchev–Trinajstić information content (AvgIpc) is 2.90. The van der Waals surface area contributed by atoms with Gasteiger partial charge in [-0.1, -0.05) is 12.1 Å². The first-order valence-electron chi connectivity index (χ1n) is 5.03. The zero-order valence-corrected chi connectivity index (χ0v) is 9.71. The second kappa shape index (κ2) is 2.86. The van der Waals surface area contributed by atoms with E-state index in [9.17, 15) is 0 Å². The van der Waals surface area contributed by atoms with Crippen molar-refractivity contribution in [1.82, 2.24) is 4.57 Å². The molecule has 14 heavy (non-hydrogen) atoms. The number of nitrogens with zero attached hydrogens (tertiary/aromatic N) is 1. The van der Waals surface area contributed by atoms with Crippen LogP contribution >= 0.6 is 15.9 Å². The van der Waals surface area contributed by atoms with Gasteiger partial charge in [0.2, 0.25) is 0 Å². The van der Waals surface area contributed by atoms with Gasteiger partial charge in [-0.25, -0.2) is 0 Å². The number of halogens is 1. The molecule has 0 radical (unpaired) electrons. The number of hydrogen-bond acceptors (Lipinski definition) is 0. The van der Waals surface area contributed by atoms with Crippen LogP contribution in [0.4, 0.5) is 0 Å². The van der Waals surface area contributed by atoms with E-state index in [0.717, 1.165) is 6.04 Å². The van der Waals surface area contributed by atoms with E-state index in [1.54, 1.807) is 0 Å². The van der Waals surface area contributed by atoms with E-state index in [0.29, 0.717) is 0 Å². The summed E-state index contributed by atoms with van der Waals surface area (Å²) in [6.45, 7) is 2.20. The molecule has 1 heterocycles. The molecule has 1 nitrogen and oxygen atoms in total. The summed E-state index contributed by atoms with van der Waals surface area (Å²) < 4.78 is 3.69. The summed E-state index contributed by atoms with van der Waals surface area (Å²) in [5.41, 5.74) is 2.75. The molecule has 1 aliphatic rings. The molecule has 0 unspecified atom stereocenters. The fourth-order valence-electron chi connectivity index (χ4n) is 2.18. The lowest BCUT2D eigenvalue weighted by molar-refractivity contribution is 0.748. The van der Waals surface area contributed by atoms with Crippen molar-refractivity contribution in [2.75, 3.05) is 0 Å². The summed E-state index contributed by atoms with van der Waals surface area (Å²) in [5, 5.41) is 1.35. The minimum Gasteiger partial charge on any atom is -0.341 e. The zero-order valence-electron chi connectivity index (χ0n) is 8.13. The van der Waals surface area contributed by atoms with E-state index in [2.05, 4.69) is 51.7 Å². The molecule has 1 aromatic heterocycles. The van der Waals surface area contributed by atoms with E-state index < -0.39 is 0 Å². The molecule has 0 saturated heterocycles. The SMILES string of the molecule is Cc1cc2cccc(Br)c2n1C1CC1. The average molecular weight is 250 g/mol. The summed E-state index contributed by atoms with van der Waals surface area (Å²) in [6, 6.07) is 9.44. The van der Waals surface area contributed by atoms with E-state index >= 15 is 0 Å². The molecule has 2 aromatic rings. The molecule has 3 rings (SSSR count). The lowest BCUT2D eigenvalue weighted by atomic mass is 10.2. The Bertz CT molecular complexity index is 494. The summed E-state index contributed by atoms with van der Waals surface area (Å²) in [6.07, 6.45) is 2.68. The van der Waals surface area contributed by atoms with E-state index in [-0.39, 0.29) is 0 Å². The van der Waals surface area contributed by atoms with Crippen LogP contribution in [0.5, 0.6) is 0 Å². The molecule has 1 aliphatic carbocycles. The summed E-state index contributed by atoms with van der Waals surface area (Å²) in [7, 11) is 0. The van der Waals surface area contributed by atoms with Crippen molar-refractivity contribution in [3.63, 3.8) is 0 Å². The number of fused-ring (bicyclic) bond motifs is 1. The molecule has 0 bridgehead atoms. The predicted octanol–water partition coefficient (Wildman–Crippen LogP) is 4.05. The molecular formula is C12H12BrN. The molecule has 2 heteroatoms. The second-order valence-corrected chi connectivity index (χ2v) is 4.92. The van der Waals surface area contributed by atoms with Crippen LogP contribution < -0.4 is 0 Å². The van der Waals surface area contributed by atoms with E-state index in [1.807, 2.05) is 0 Å². The van der Waals surface area contributed by atoms with Crippen molar-refractivity contribution in [2.24, 2.45) is 0 Å². The van der Waals surface area contributed by atoms with Gasteiger partial charge < -0.3 is 4.57 Å². The first kappa shape index (κ1) is 8.54. The Morgan fingerprint density at radius 1 is 1.36 bits per heavy atom. The fourth-order valence-corrected chi connectivity index (χ4v) is 2.75. The van der Waals surface area contributed by atoms with Gasteiger partial charge in [-0.05, 0) is 47.8 Å². The highest BCUT2D eigenvalue weighted by Crippen LogP contribution is 2.41. The van der Waals surface area contributed by atoms with Gasteiger partial charge in [0, 0.05) is 21.6 Å². The van der Waals surface area contributed by atoms with Crippen molar-refractivity contribution in [1.29, 1.82) is 0 Å². The van der Waals surface area contributed by atoms with Gasteiger partial charge in [-0.3, -0.25) is 0 Å². The highest BCUT2D eigenvalue weighted by molar-refractivity contribution is 9.10. The lowest BCUT2D eigenvalue weighted by Crippen LogP contribution is -1.95. The van der Waals surface area contributed by atoms with Crippen molar-refractivity contribution in [3.8, 4) is 0 Å². The highest BCUT2D eigenvalue weighted by atomic mass is 79.9. The molecule has 1 fully saturated rings. The summed E-state index contributed by atoms with van der Waals surface area (Å²) in [5.74, 6) is 0. The second-order valence-electron chi connectivity index (χ2n) is 4.06. The standard InChI is InChI=1S/C12H12BrN/c1-8-7-9-3-2-4-11(13)12(9)14(8)10-5-6-10/h2-4,7,10H,5-6H2,1H3. The van der Waals surface area contributed by atoms with Crippen LogP contribution in [-0.2, 0) is 0 Å². The number of rotatable bonds is 1. The van der Waals surface area contributed by atoms with Gasteiger partial charge in [-0.15, -0.1) is 0 Å². The summed E-state index contributed by atoms with van der Waals surface area (Å²) in [4.78, 5) is 0. The number of hydrogen-bond donors (Lipinski definition) is 0. The Kier molecular flexibility index (Phi) is 1.75. The monoisotopic (exact) mass is 249 g/mol. The van der Waals surface area contributed by atoms with Crippen LogP contribution in [0.15, 0.2) is 28.7 Å². The Morgan fingerprint density at radius 2 is 2.14 bits per heavy atom. The molecule has 1 aromatic carbocycles. The normalized spacial score (nSPS) is 16.4. The number of aromatic nitrogens is 1. The zero-order chi connectivity index (χ0) is 9.71. The molecule has 1 saturated carbocycles. The Hall–Kier alpha value is -0.760. The van der Waals surface area contributed by atoms with Crippen LogP contribution in [0.2, 0.25) is 0 Å². The quantitative estimate of drug-likeness (QED) is 0.719. The Labute approximate surface area is 91.9 Å². The predicted molar refractivity (Wildman–Crippen MR) is 62.6 cm³/mol. The Balaban J connectivity index is 2.39. The van der Waals surface area contributed by atoms with Crippen molar-refractivity contribution >= 4 is 26.8 Å². The van der Waals surface area contributed by atoms with Gasteiger partial charge in [0.1, 0.15) is 0 Å². The largest absolute Gasteiger partial charge is 0.341 e. The van der Waals surface area contributed by atoms with Crippen LogP contribution in [-0.4, -0.2) is 4.57 Å². The smallest absolute Gasteiger partial charge is 0.0629 e. The number of para-hydroxylation sites is 1. The fraction of sp³-hybridized carbons (Fsp3) is 0.333. The van der Waals surface area contributed by atoms with Gasteiger partial charge in [-0.2, -0.15) is 0 Å². The third-order valence-corrected chi connectivity index (χ3v) is 3.56. The van der Waals surface area contributed by atoms with Crippen LogP contribution in [0, 0.1) is 6.92 Å². The molecule has 0 atom stereocenters. The molecular weight excluding hydrogens is 238 g/mol. The van der Waals surface area contributed by atoms with Crippen molar-refractivity contribution < 1.29 is 0 Å². The molecule has 72 valence electrons. The number of benzene rings is 1. The van der Waals surface area contributed by atoms with Crippen LogP contribution in [0.1, 0.15) is 24.6 Å². The third-order valence-electron chi connectivity index (χ3n) is 2.92. The third kappa shape index (κ3) is 1.13. The van der Waals surface area contributed by atoms with Gasteiger partial charge in [0.15, 0.2) is 0 Å². The molecule has 0 aliphatic heterocycles. The maximum absolute atomic E-state index is 3.64. The first-order chi connectivity index (χ1) is 6.77. The maximum atomic E-state index is 3.64. The highest BCUT2D eigenvalue weighted by Gasteiger charge is 2.26. The molecule has 0 N–H and O–H groups in total. The summed E-state index contributed by atoms with van der Waals surface area (Å²) >= 11 is 3.64. The van der Waals surface area contributed by atoms with Crippen LogP contribution in [0.25, 0.3) is 10.9 Å². The van der Waals surface area contributed by atoms with Crippen molar-refractivity contribution in [2.45, 2.75) is 25.8 Å². The molecule has 0 amide bonds. The van der Waals surface area contributed by atoms with Crippen LogP contribution in [0.3, 0.4) is 0 Å². The lowest BCUT2D eigenvalue weighted by Gasteiger charge is -2.06. The topological polar surface area (TPSA) is 4.93 Å². The van der Waals surface area contributed by atoms with Gasteiger partial charge >= 0.3 is 0 Å². The minimum atomic E-state index is 0.756.